The number of nitrogens with zero attached hydrogens (tertiary/aromatic N) is 2. The fourth-order valence-corrected chi connectivity index (χ4v) is 2.30. The third-order valence-electron chi connectivity index (χ3n) is 3.56. The van der Waals surface area contributed by atoms with Gasteiger partial charge in [-0.25, -0.2) is 14.2 Å². The molecule has 0 bridgehead atoms. The van der Waals surface area contributed by atoms with Gasteiger partial charge in [-0.3, -0.25) is 10.4 Å². The van der Waals surface area contributed by atoms with Crippen molar-refractivity contribution in [1.82, 2.24) is 20.5 Å². The molecule has 2 amide bonds. The maximum atomic E-state index is 12.9. The van der Waals surface area contributed by atoms with Crippen LogP contribution in [-0.2, 0) is 0 Å². The molecule has 0 aliphatic carbocycles. The van der Waals surface area contributed by atoms with Crippen molar-refractivity contribution in [2.75, 3.05) is 12.4 Å². The number of rotatable bonds is 4. The van der Waals surface area contributed by atoms with Gasteiger partial charge in [0.05, 0.1) is 24.1 Å². The van der Waals surface area contributed by atoms with Crippen LogP contribution in [-0.4, -0.2) is 28.3 Å². The quantitative estimate of drug-likeness (QED) is 0.686. The molecule has 0 radical (unpaired) electrons. The van der Waals surface area contributed by atoms with Gasteiger partial charge >= 0.3 is 6.03 Å². The molecule has 0 unspecified atom stereocenters. The van der Waals surface area contributed by atoms with Gasteiger partial charge in [0, 0.05) is 12.3 Å². The molecule has 0 aliphatic rings. The Bertz CT molecular complexity index is 863. The van der Waals surface area contributed by atoms with E-state index in [1.807, 2.05) is 6.92 Å². The lowest BCUT2D eigenvalue weighted by Crippen LogP contribution is -2.31. The molecule has 3 rings (SSSR count). The number of urea groups is 1. The van der Waals surface area contributed by atoms with Crippen molar-refractivity contribution in [1.29, 1.82) is 0 Å². The molecule has 0 saturated heterocycles. The van der Waals surface area contributed by atoms with Crippen LogP contribution in [0.3, 0.4) is 0 Å². The molecule has 2 heterocycles. The maximum absolute atomic E-state index is 12.9. The predicted octanol–water partition coefficient (Wildman–Crippen LogP) is 2.99. The average molecular weight is 329 g/mol. The first-order valence-electron chi connectivity index (χ1n) is 7.28. The van der Waals surface area contributed by atoms with Gasteiger partial charge in [-0.05, 0) is 24.6 Å². The molecule has 0 spiro atoms. The molecule has 2 aromatic heterocycles. The van der Waals surface area contributed by atoms with Crippen molar-refractivity contribution in [2.24, 2.45) is 0 Å². The zero-order chi connectivity index (χ0) is 17.1. The van der Waals surface area contributed by atoms with E-state index in [1.54, 1.807) is 24.4 Å². The molecule has 3 N–H and O–H groups in total. The lowest BCUT2D eigenvalue weighted by molar-refractivity contribution is 0.249. The van der Waals surface area contributed by atoms with E-state index >= 15 is 0 Å². The minimum absolute atomic E-state index is 0.276. The van der Waals surface area contributed by atoms with Crippen LogP contribution < -0.4 is 15.4 Å². The van der Waals surface area contributed by atoms with Crippen LogP contribution in [0.15, 0.2) is 36.5 Å². The van der Waals surface area contributed by atoms with E-state index in [0.29, 0.717) is 17.2 Å². The smallest absolute Gasteiger partial charge is 0.320 e. The molecule has 0 fully saturated rings. The summed E-state index contributed by atoms with van der Waals surface area (Å²) in [4.78, 5) is 16.2. The van der Waals surface area contributed by atoms with Crippen LogP contribution in [0.5, 0.6) is 5.88 Å². The van der Waals surface area contributed by atoms with Crippen LogP contribution in [0.4, 0.5) is 15.0 Å². The Balaban J connectivity index is 1.67. The highest BCUT2D eigenvalue weighted by molar-refractivity contribution is 5.92. The highest BCUT2D eigenvalue weighted by Crippen LogP contribution is 2.23. The number of nitrogens with one attached hydrogen (secondary N) is 3. The second-order valence-electron chi connectivity index (χ2n) is 5.22. The van der Waals surface area contributed by atoms with Crippen molar-refractivity contribution >= 4 is 22.8 Å². The number of carbonyl (C=O) groups excluding carboxylic acids is 1. The Morgan fingerprint density at radius 2 is 2.08 bits per heavy atom. The van der Waals surface area contributed by atoms with E-state index in [4.69, 9.17) is 4.74 Å². The van der Waals surface area contributed by atoms with E-state index in [0.717, 1.165) is 10.9 Å². The summed E-state index contributed by atoms with van der Waals surface area (Å²) in [6, 6.07) is 6.93. The summed E-state index contributed by atoms with van der Waals surface area (Å²) in [5, 5.41) is 12.9. The van der Waals surface area contributed by atoms with Crippen LogP contribution in [0.1, 0.15) is 18.5 Å². The van der Waals surface area contributed by atoms with Gasteiger partial charge in [0.2, 0.25) is 5.88 Å². The topological polar surface area (TPSA) is 91.9 Å². The summed E-state index contributed by atoms with van der Waals surface area (Å²) in [5.41, 5.74) is 1.50. The first-order valence-corrected chi connectivity index (χ1v) is 7.28. The van der Waals surface area contributed by atoms with Crippen LogP contribution in [0, 0.1) is 5.82 Å². The summed E-state index contributed by atoms with van der Waals surface area (Å²) in [5.74, 6) is 0.499. The number of fused-ring (bicyclic) bond motifs is 1. The highest BCUT2D eigenvalue weighted by Gasteiger charge is 2.12. The number of aromatic amines is 1. The fourth-order valence-electron chi connectivity index (χ4n) is 2.30. The van der Waals surface area contributed by atoms with Gasteiger partial charge in [-0.1, -0.05) is 12.1 Å². The van der Waals surface area contributed by atoms with Crippen molar-refractivity contribution < 1.29 is 13.9 Å². The largest absolute Gasteiger partial charge is 0.479 e. The number of amides is 2. The van der Waals surface area contributed by atoms with Crippen molar-refractivity contribution in [3.63, 3.8) is 0 Å². The monoisotopic (exact) mass is 329 g/mol. The van der Waals surface area contributed by atoms with E-state index in [1.165, 1.54) is 19.2 Å². The lowest BCUT2D eigenvalue weighted by atomic mass is 10.1. The Kier molecular flexibility index (Phi) is 4.28. The minimum atomic E-state index is -0.412. The Hall–Kier alpha value is -3.16. The number of carbonyl (C=O) groups is 1. The number of ether oxygens (including phenoxy) is 1. The number of hydrogen-bond acceptors (Lipinski definition) is 4. The van der Waals surface area contributed by atoms with E-state index in [9.17, 15) is 9.18 Å². The fraction of sp³-hybridized carbons (Fsp3) is 0.188. The third kappa shape index (κ3) is 3.27. The summed E-state index contributed by atoms with van der Waals surface area (Å²) in [6.07, 6.45) is 1.57. The maximum Gasteiger partial charge on any atom is 0.320 e. The van der Waals surface area contributed by atoms with Gasteiger partial charge in [-0.15, -0.1) is 5.10 Å². The van der Waals surface area contributed by atoms with Crippen LogP contribution in [0.25, 0.3) is 10.9 Å². The number of pyridine rings is 1. The molecule has 8 heteroatoms. The van der Waals surface area contributed by atoms with Crippen molar-refractivity contribution in [3.05, 3.63) is 47.9 Å². The third-order valence-corrected chi connectivity index (χ3v) is 3.56. The number of benzene rings is 1. The summed E-state index contributed by atoms with van der Waals surface area (Å²) < 4.78 is 18.0. The Morgan fingerprint density at radius 3 is 2.79 bits per heavy atom. The number of hydrogen-bond donors (Lipinski definition) is 3. The average Bonchev–Trinajstić information content (AvgIpc) is 2.97. The SMILES string of the molecule is COc1n[nH]c2cc(NC(=O)N[C@H](C)c3ccc(F)cc3)ncc12. The van der Waals surface area contributed by atoms with Crippen molar-refractivity contribution in [2.45, 2.75) is 13.0 Å². The second kappa shape index (κ2) is 6.53. The van der Waals surface area contributed by atoms with E-state index in [2.05, 4.69) is 25.8 Å². The predicted molar refractivity (Wildman–Crippen MR) is 87.4 cm³/mol. The summed E-state index contributed by atoms with van der Waals surface area (Å²) in [7, 11) is 1.52. The van der Waals surface area contributed by atoms with E-state index < -0.39 is 6.03 Å². The number of anilines is 1. The van der Waals surface area contributed by atoms with Gasteiger partial charge < -0.3 is 10.1 Å². The standard InChI is InChI=1S/C16H16FN5O2/c1-9(10-3-5-11(17)6-4-10)19-16(23)20-14-7-13-12(8-18-14)15(24-2)22-21-13/h3-9H,1-2H3,(H,21,22)(H2,18,19,20,23)/t9-/m1/s1. The molecule has 1 atom stereocenters. The normalized spacial score (nSPS) is 12.0. The summed E-state index contributed by atoms with van der Waals surface area (Å²) in [6.45, 7) is 1.81. The first-order chi connectivity index (χ1) is 11.6. The van der Waals surface area contributed by atoms with Crippen molar-refractivity contribution in [3.8, 4) is 5.88 Å². The lowest BCUT2D eigenvalue weighted by Gasteiger charge is -2.14. The van der Waals surface area contributed by atoms with Gasteiger partial charge in [0.1, 0.15) is 11.6 Å². The number of methoxy groups -OCH3 is 1. The number of halogens is 1. The van der Waals surface area contributed by atoms with Gasteiger partial charge in [0.15, 0.2) is 0 Å². The molecule has 124 valence electrons. The summed E-state index contributed by atoms with van der Waals surface area (Å²) >= 11 is 0. The highest BCUT2D eigenvalue weighted by atomic mass is 19.1. The Labute approximate surface area is 137 Å². The minimum Gasteiger partial charge on any atom is -0.479 e. The molecule has 24 heavy (non-hydrogen) atoms. The molecule has 0 aliphatic heterocycles. The van der Waals surface area contributed by atoms with Crippen LogP contribution >= 0.6 is 0 Å². The molecule has 7 nitrogen and oxygen atoms in total. The van der Waals surface area contributed by atoms with Gasteiger partial charge in [-0.2, -0.15) is 0 Å². The number of aromatic nitrogens is 3. The van der Waals surface area contributed by atoms with Gasteiger partial charge in [0.25, 0.3) is 0 Å². The Morgan fingerprint density at radius 1 is 1.33 bits per heavy atom. The molecule has 0 saturated carbocycles. The first kappa shape index (κ1) is 15.7. The zero-order valence-electron chi connectivity index (χ0n) is 13.1. The molecule has 3 aromatic rings. The number of H-pyrrole nitrogens is 1. The van der Waals surface area contributed by atoms with E-state index in [-0.39, 0.29) is 11.9 Å². The second-order valence-corrected chi connectivity index (χ2v) is 5.22. The molecular weight excluding hydrogens is 313 g/mol. The molecule has 1 aromatic carbocycles. The molecular formula is C16H16FN5O2. The van der Waals surface area contributed by atoms with Crippen LogP contribution in [0.2, 0.25) is 0 Å². The zero-order valence-corrected chi connectivity index (χ0v) is 13.1.